The largest absolute Gasteiger partial charge is 0.394 e. The number of carbonyl (C=O) groups excluding carboxylic acids is 1. The molecule has 1 amide bonds. The predicted molar refractivity (Wildman–Crippen MR) is 63.3 cm³/mol. The van der Waals surface area contributed by atoms with Gasteiger partial charge in [-0.25, -0.2) is 8.78 Å². The minimum absolute atomic E-state index is 0.0954. The van der Waals surface area contributed by atoms with E-state index in [1.165, 1.54) is 0 Å². The van der Waals surface area contributed by atoms with Crippen LogP contribution >= 0.6 is 0 Å². The van der Waals surface area contributed by atoms with Crippen LogP contribution in [-0.4, -0.2) is 29.1 Å². The number of halogens is 2. The van der Waals surface area contributed by atoms with Crippen LogP contribution in [-0.2, 0) is 4.79 Å². The highest BCUT2D eigenvalue weighted by atomic mass is 19.3. The van der Waals surface area contributed by atoms with Crippen LogP contribution in [0.2, 0.25) is 0 Å². The SMILES string of the molecule is O=C(NC1(CO)CCCCC1)C1CCC(F)(F)C1. The molecule has 0 aliphatic heterocycles. The Balaban J connectivity index is 1.93. The van der Waals surface area contributed by atoms with Gasteiger partial charge in [-0.3, -0.25) is 4.79 Å². The van der Waals surface area contributed by atoms with E-state index in [0.29, 0.717) is 0 Å². The fourth-order valence-corrected chi connectivity index (χ4v) is 3.09. The molecule has 0 radical (unpaired) electrons. The maximum absolute atomic E-state index is 13.1. The summed E-state index contributed by atoms with van der Waals surface area (Å²) >= 11 is 0. The van der Waals surface area contributed by atoms with Gasteiger partial charge in [0.15, 0.2) is 0 Å². The second-order valence-corrected chi connectivity index (χ2v) is 5.78. The molecule has 1 atom stereocenters. The van der Waals surface area contributed by atoms with Crippen LogP contribution in [0.15, 0.2) is 0 Å². The van der Waals surface area contributed by atoms with Crippen LogP contribution in [0.4, 0.5) is 8.78 Å². The zero-order valence-electron chi connectivity index (χ0n) is 10.6. The Bertz CT molecular complexity index is 314. The van der Waals surface area contributed by atoms with E-state index < -0.39 is 17.4 Å². The monoisotopic (exact) mass is 261 g/mol. The fraction of sp³-hybridized carbons (Fsp3) is 0.923. The minimum atomic E-state index is -2.69. The molecule has 2 saturated carbocycles. The van der Waals surface area contributed by atoms with Crippen molar-refractivity contribution in [1.29, 1.82) is 0 Å². The molecule has 0 heterocycles. The van der Waals surface area contributed by atoms with Gasteiger partial charge in [-0.15, -0.1) is 0 Å². The normalized spacial score (nSPS) is 30.1. The molecule has 0 aromatic carbocycles. The topological polar surface area (TPSA) is 49.3 Å². The average molecular weight is 261 g/mol. The highest BCUT2D eigenvalue weighted by Gasteiger charge is 2.44. The van der Waals surface area contributed by atoms with Gasteiger partial charge in [0.25, 0.3) is 0 Å². The number of aliphatic hydroxyl groups is 1. The number of amides is 1. The van der Waals surface area contributed by atoms with E-state index in [9.17, 15) is 18.7 Å². The molecule has 2 rings (SSSR count). The van der Waals surface area contributed by atoms with Crippen molar-refractivity contribution in [1.82, 2.24) is 5.32 Å². The molecule has 2 aliphatic carbocycles. The lowest BCUT2D eigenvalue weighted by molar-refractivity contribution is -0.129. The average Bonchev–Trinajstić information content (AvgIpc) is 2.71. The predicted octanol–water partition coefficient (Wildman–Crippen LogP) is 2.23. The number of hydrogen-bond donors (Lipinski definition) is 2. The number of rotatable bonds is 3. The molecule has 0 aromatic heterocycles. The van der Waals surface area contributed by atoms with Gasteiger partial charge in [-0.05, 0) is 19.3 Å². The van der Waals surface area contributed by atoms with Gasteiger partial charge in [0.1, 0.15) is 0 Å². The highest BCUT2D eigenvalue weighted by Crippen LogP contribution is 2.39. The lowest BCUT2D eigenvalue weighted by Gasteiger charge is -2.37. The van der Waals surface area contributed by atoms with Gasteiger partial charge in [-0.1, -0.05) is 19.3 Å². The molecule has 2 N–H and O–H groups in total. The number of carbonyl (C=O) groups is 1. The summed E-state index contributed by atoms with van der Waals surface area (Å²) < 4.78 is 26.2. The zero-order valence-corrected chi connectivity index (χ0v) is 10.6. The molecule has 1 unspecified atom stereocenters. The van der Waals surface area contributed by atoms with Crippen LogP contribution in [0.5, 0.6) is 0 Å². The summed E-state index contributed by atoms with van der Waals surface area (Å²) in [7, 11) is 0. The first-order chi connectivity index (χ1) is 8.46. The van der Waals surface area contributed by atoms with Crippen molar-refractivity contribution in [2.24, 2.45) is 5.92 Å². The maximum atomic E-state index is 13.1. The van der Waals surface area contributed by atoms with Crippen molar-refractivity contribution in [2.75, 3.05) is 6.61 Å². The van der Waals surface area contributed by atoms with E-state index in [1.807, 2.05) is 0 Å². The van der Waals surface area contributed by atoms with E-state index in [4.69, 9.17) is 0 Å². The number of nitrogens with one attached hydrogen (secondary N) is 1. The molecule has 18 heavy (non-hydrogen) atoms. The van der Waals surface area contributed by atoms with E-state index in [2.05, 4.69) is 5.32 Å². The Morgan fingerprint density at radius 3 is 2.39 bits per heavy atom. The molecular formula is C13H21F2NO2. The Hall–Kier alpha value is -0.710. The summed E-state index contributed by atoms with van der Waals surface area (Å²) in [6.45, 7) is -0.0954. The molecule has 0 saturated heterocycles. The molecule has 5 heteroatoms. The van der Waals surface area contributed by atoms with E-state index in [1.54, 1.807) is 0 Å². The van der Waals surface area contributed by atoms with Gasteiger partial charge in [0, 0.05) is 18.8 Å². The van der Waals surface area contributed by atoms with Gasteiger partial charge in [-0.2, -0.15) is 0 Å². The molecule has 0 spiro atoms. The number of aliphatic hydroxyl groups excluding tert-OH is 1. The standard InChI is InChI=1S/C13H21F2NO2/c14-13(15)7-4-10(8-13)11(18)16-12(9-17)5-2-1-3-6-12/h10,17H,1-9H2,(H,16,18). The second-order valence-electron chi connectivity index (χ2n) is 5.78. The van der Waals surface area contributed by atoms with Crippen LogP contribution in [0.1, 0.15) is 51.4 Å². The van der Waals surface area contributed by atoms with Crippen molar-refractivity contribution in [2.45, 2.75) is 62.8 Å². The third-order valence-corrected chi connectivity index (χ3v) is 4.28. The van der Waals surface area contributed by atoms with Crippen molar-refractivity contribution < 1.29 is 18.7 Å². The van der Waals surface area contributed by atoms with E-state index in [-0.39, 0.29) is 31.8 Å². The van der Waals surface area contributed by atoms with Gasteiger partial charge >= 0.3 is 0 Å². The molecule has 2 aliphatic rings. The Labute approximate surface area is 106 Å². The quantitative estimate of drug-likeness (QED) is 0.818. The fourth-order valence-electron chi connectivity index (χ4n) is 3.09. The van der Waals surface area contributed by atoms with Crippen LogP contribution in [0, 0.1) is 5.92 Å². The Morgan fingerprint density at radius 1 is 1.22 bits per heavy atom. The lowest BCUT2D eigenvalue weighted by Crippen LogP contribution is -2.54. The number of alkyl halides is 2. The minimum Gasteiger partial charge on any atom is -0.394 e. The van der Waals surface area contributed by atoms with Crippen molar-refractivity contribution in [3.05, 3.63) is 0 Å². The molecule has 2 fully saturated rings. The molecule has 0 bridgehead atoms. The third-order valence-electron chi connectivity index (χ3n) is 4.28. The summed E-state index contributed by atoms with van der Waals surface area (Å²) in [6, 6.07) is 0. The lowest BCUT2D eigenvalue weighted by atomic mass is 9.82. The van der Waals surface area contributed by atoms with Crippen molar-refractivity contribution in [3.8, 4) is 0 Å². The maximum Gasteiger partial charge on any atom is 0.248 e. The van der Waals surface area contributed by atoms with Crippen LogP contribution in [0.3, 0.4) is 0 Å². The highest BCUT2D eigenvalue weighted by molar-refractivity contribution is 5.80. The van der Waals surface area contributed by atoms with Crippen LogP contribution < -0.4 is 5.32 Å². The second kappa shape index (κ2) is 5.11. The van der Waals surface area contributed by atoms with Gasteiger partial charge in [0.05, 0.1) is 12.1 Å². The first-order valence-electron chi connectivity index (χ1n) is 6.77. The molecule has 104 valence electrons. The molecule has 3 nitrogen and oxygen atoms in total. The smallest absolute Gasteiger partial charge is 0.248 e. The van der Waals surface area contributed by atoms with Crippen LogP contribution in [0.25, 0.3) is 0 Å². The summed E-state index contributed by atoms with van der Waals surface area (Å²) in [5.41, 5.74) is -0.562. The molecular weight excluding hydrogens is 240 g/mol. The number of hydrogen-bond acceptors (Lipinski definition) is 2. The van der Waals surface area contributed by atoms with E-state index >= 15 is 0 Å². The summed E-state index contributed by atoms with van der Waals surface area (Å²) in [4.78, 5) is 12.0. The third kappa shape index (κ3) is 2.99. The first-order valence-corrected chi connectivity index (χ1v) is 6.77. The first kappa shape index (κ1) is 13.7. The van der Waals surface area contributed by atoms with Gasteiger partial charge in [0.2, 0.25) is 11.8 Å². The Morgan fingerprint density at radius 2 is 1.89 bits per heavy atom. The molecule has 0 aromatic rings. The van der Waals surface area contributed by atoms with Crippen molar-refractivity contribution in [3.63, 3.8) is 0 Å². The summed E-state index contributed by atoms with van der Waals surface area (Å²) in [5, 5.41) is 12.3. The zero-order chi connectivity index (χ0) is 13.2. The van der Waals surface area contributed by atoms with Crippen molar-refractivity contribution >= 4 is 5.91 Å². The van der Waals surface area contributed by atoms with E-state index in [0.717, 1.165) is 32.1 Å². The summed E-state index contributed by atoms with van der Waals surface area (Å²) in [6.07, 6.45) is 4.26. The van der Waals surface area contributed by atoms with Gasteiger partial charge < -0.3 is 10.4 Å². The Kier molecular flexibility index (Phi) is 3.90. The summed E-state index contributed by atoms with van der Waals surface area (Å²) in [5.74, 6) is -3.59.